The van der Waals surface area contributed by atoms with Crippen LogP contribution < -0.4 is 11.1 Å². The largest absolute Gasteiger partial charge is 0.481 e. The number of carbonyl (C=O) groups excluding carboxylic acids is 3. The van der Waals surface area contributed by atoms with E-state index in [9.17, 15) is 24.3 Å². The summed E-state index contributed by atoms with van der Waals surface area (Å²) in [7, 11) is 0. The molecule has 0 bridgehead atoms. The predicted molar refractivity (Wildman–Crippen MR) is 231 cm³/mol. The fraction of sp³-hybridized carbons (Fsp3) is 0.565. The number of ketones is 2. The van der Waals surface area contributed by atoms with Gasteiger partial charge in [-0.25, -0.2) is 4.79 Å². The minimum Gasteiger partial charge on any atom is -0.481 e. The number of carbonyl (C=O) groups is 4. The van der Waals surface area contributed by atoms with E-state index in [1.807, 2.05) is 60.7 Å². The lowest BCUT2D eigenvalue weighted by molar-refractivity contribution is -0.139. The van der Waals surface area contributed by atoms with Gasteiger partial charge in [0.25, 0.3) is 0 Å². The number of carboxylic acids is 1. The average Bonchev–Trinajstić information content (AvgIpc) is 3.85. The summed E-state index contributed by atoms with van der Waals surface area (Å²) in [6, 6.07) is 19.7. The molecule has 62 heavy (non-hydrogen) atoms. The molecule has 2 aliphatic heterocycles. The molecular weight excluding hydrogens is 793 g/mol. The molecule has 336 valence electrons. The standard InChI is InChI=1S/C26H36N4O6.C20H28N4O2/c1-25(2,3)36-24(34)27-26(4,5)20(31)14-18(16-35-15-17-10-7-6-8-11-17)21-28-29-22-19(23(32)33)12-9-13-30(21)22;1-20(2,21)17(25)12-16(14-26-13-15-8-4-3-5-9-15)19-23-22-18-10-6-7-11-24(18)19/h6-8,10-11,18-19H,9,12-16H2,1-5H3,(H,27,34)(H,32,33);3-5,8-9,16H,6-7,10-14,21H2,1-2H3/t18-,19?;16-/m11/s1. The molecule has 1 unspecified atom stereocenters. The quantitative estimate of drug-likeness (QED) is 0.0987. The van der Waals surface area contributed by atoms with Gasteiger partial charge in [0.2, 0.25) is 0 Å². The van der Waals surface area contributed by atoms with Crippen molar-refractivity contribution in [3.8, 4) is 0 Å². The second-order valence-electron chi connectivity index (χ2n) is 18.3. The summed E-state index contributed by atoms with van der Waals surface area (Å²) in [6.07, 6.45) is 4.03. The molecule has 2 aromatic carbocycles. The molecule has 2 aliphatic rings. The van der Waals surface area contributed by atoms with Crippen molar-refractivity contribution < 1.29 is 38.5 Å². The maximum absolute atomic E-state index is 13.4. The number of aliphatic carboxylic acids is 1. The highest BCUT2D eigenvalue weighted by Gasteiger charge is 2.37. The van der Waals surface area contributed by atoms with Gasteiger partial charge in [-0.15, -0.1) is 20.4 Å². The molecule has 6 rings (SSSR count). The molecule has 0 aliphatic carbocycles. The minimum atomic E-state index is -1.20. The van der Waals surface area contributed by atoms with Crippen molar-refractivity contribution >= 4 is 23.6 Å². The molecule has 16 heteroatoms. The van der Waals surface area contributed by atoms with Crippen LogP contribution in [0.3, 0.4) is 0 Å². The number of amides is 1. The van der Waals surface area contributed by atoms with Crippen LogP contribution in [0.15, 0.2) is 60.7 Å². The average molecular weight is 857 g/mol. The van der Waals surface area contributed by atoms with Gasteiger partial charge < -0.3 is 39.5 Å². The third-order valence-electron chi connectivity index (χ3n) is 10.9. The zero-order valence-electron chi connectivity index (χ0n) is 37.3. The van der Waals surface area contributed by atoms with E-state index in [0.29, 0.717) is 57.3 Å². The summed E-state index contributed by atoms with van der Waals surface area (Å²) < 4.78 is 21.2. The molecular formula is C46H64N8O8. The van der Waals surface area contributed by atoms with Gasteiger partial charge in [0.1, 0.15) is 34.8 Å². The van der Waals surface area contributed by atoms with Gasteiger partial charge in [-0.2, -0.15) is 0 Å². The second-order valence-corrected chi connectivity index (χ2v) is 18.3. The van der Waals surface area contributed by atoms with Gasteiger partial charge in [0, 0.05) is 44.2 Å². The molecule has 3 atom stereocenters. The SMILES string of the molecule is CC(C)(C)OC(=O)NC(C)(C)C(=O)C[C@H](COCc1ccccc1)c1nnc2n1CCCC2C(=O)O.CC(C)(N)C(=O)C[C@H](COCc1ccccc1)c1nnc2n1CCCC2. The smallest absolute Gasteiger partial charge is 0.408 e. The van der Waals surface area contributed by atoms with Crippen molar-refractivity contribution in [3.63, 3.8) is 0 Å². The number of aromatic nitrogens is 6. The van der Waals surface area contributed by atoms with E-state index in [1.165, 1.54) is 0 Å². The van der Waals surface area contributed by atoms with Crippen LogP contribution >= 0.6 is 0 Å². The van der Waals surface area contributed by atoms with Crippen LogP contribution in [0.1, 0.15) is 139 Å². The van der Waals surface area contributed by atoms with Crippen molar-refractivity contribution in [3.05, 3.63) is 95.1 Å². The van der Waals surface area contributed by atoms with Crippen molar-refractivity contribution in [2.75, 3.05) is 13.2 Å². The first kappa shape index (κ1) is 47.7. The molecule has 0 spiro atoms. The number of carboxylic acid groups (broad SMARTS) is 1. The Morgan fingerprint density at radius 3 is 1.82 bits per heavy atom. The topological polar surface area (TPSA) is 216 Å². The summed E-state index contributed by atoms with van der Waals surface area (Å²) in [6.45, 7) is 14.9. The van der Waals surface area contributed by atoms with Crippen molar-refractivity contribution in [1.82, 2.24) is 34.8 Å². The van der Waals surface area contributed by atoms with E-state index in [1.54, 1.807) is 53.0 Å². The molecule has 0 saturated carbocycles. The van der Waals surface area contributed by atoms with Gasteiger partial charge in [0.05, 0.1) is 37.5 Å². The van der Waals surface area contributed by atoms with E-state index >= 15 is 0 Å². The third kappa shape index (κ3) is 13.6. The Bertz CT molecular complexity index is 2100. The molecule has 0 fully saturated rings. The number of nitrogens with zero attached hydrogens (tertiary/aromatic N) is 6. The van der Waals surface area contributed by atoms with Crippen LogP contribution in [0.5, 0.6) is 0 Å². The molecule has 16 nitrogen and oxygen atoms in total. The molecule has 0 radical (unpaired) electrons. The number of aryl methyl sites for hydroxylation is 1. The number of Topliss-reactive ketones (excluding diaryl/α,β-unsaturated/α-hetero) is 2. The number of hydrogen-bond donors (Lipinski definition) is 3. The fourth-order valence-electron chi connectivity index (χ4n) is 7.40. The first-order valence-corrected chi connectivity index (χ1v) is 21.5. The minimum absolute atomic E-state index is 0.0129. The number of ether oxygens (including phenoxy) is 3. The molecule has 4 aromatic rings. The van der Waals surface area contributed by atoms with Gasteiger partial charge in [-0.1, -0.05) is 60.7 Å². The van der Waals surface area contributed by atoms with Crippen LogP contribution in [0.4, 0.5) is 4.79 Å². The fourth-order valence-corrected chi connectivity index (χ4v) is 7.40. The normalized spacial score (nSPS) is 16.2. The Morgan fingerprint density at radius 1 is 0.742 bits per heavy atom. The second kappa shape index (κ2) is 21.2. The van der Waals surface area contributed by atoms with Crippen LogP contribution in [-0.4, -0.2) is 88.2 Å². The number of alkyl carbamates (subject to hydrolysis) is 1. The first-order chi connectivity index (χ1) is 29.3. The zero-order chi connectivity index (χ0) is 45.1. The summed E-state index contributed by atoms with van der Waals surface area (Å²) >= 11 is 0. The Morgan fingerprint density at radius 2 is 1.27 bits per heavy atom. The van der Waals surface area contributed by atoms with Gasteiger partial charge in [0.15, 0.2) is 11.6 Å². The lowest BCUT2D eigenvalue weighted by Crippen LogP contribution is -2.51. The first-order valence-electron chi connectivity index (χ1n) is 21.5. The number of hydrogen-bond acceptors (Lipinski definition) is 12. The summed E-state index contributed by atoms with van der Waals surface area (Å²) in [4.78, 5) is 49.9. The van der Waals surface area contributed by atoms with Gasteiger partial charge in [-0.3, -0.25) is 14.4 Å². The Hall–Kier alpha value is -5.32. The molecule has 1 amide bonds. The summed E-state index contributed by atoms with van der Waals surface area (Å²) in [5, 5.41) is 29.5. The van der Waals surface area contributed by atoms with Crippen molar-refractivity contribution in [1.29, 1.82) is 0 Å². The number of rotatable bonds is 18. The van der Waals surface area contributed by atoms with E-state index in [0.717, 1.165) is 48.6 Å². The van der Waals surface area contributed by atoms with Crippen LogP contribution in [0.25, 0.3) is 0 Å². The Labute approximate surface area is 364 Å². The zero-order valence-corrected chi connectivity index (χ0v) is 37.3. The molecule has 4 heterocycles. The van der Waals surface area contributed by atoms with Crippen molar-refractivity contribution in [2.45, 2.75) is 154 Å². The maximum Gasteiger partial charge on any atom is 0.408 e. The van der Waals surface area contributed by atoms with Crippen LogP contribution in [0, 0.1) is 0 Å². The highest BCUT2D eigenvalue weighted by atomic mass is 16.6. The van der Waals surface area contributed by atoms with Gasteiger partial charge >= 0.3 is 12.1 Å². The number of fused-ring (bicyclic) bond motifs is 2. The lowest BCUT2D eigenvalue weighted by atomic mass is 9.90. The van der Waals surface area contributed by atoms with E-state index in [-0.39, 0.29) is 30.5 Å². The molecule has 4 N–H and O–H groups in total. The van der Waals surface area contributed by atoms with E-state index < -0.39 is 40.6 Å². The maximum atomic E-state index is 13.4. The lowest BCUT2D eigenvalue weighted by Gasteiger charge is -2.29. The van der Waals surface area contributed by atoms with Crippen LogP contribution in [-0.2, 0) is 61.3 Å². The summed E-state index contributed by atoms with van der Waals surface area (Å²) in [5.41, 5.74) is 5.35. The van der Waals surface area contributed by atoms with Gasteiger partial charge in [-0.05, 0) is 85.3 Å². The van der Waals surface area contributed by atoms with Crippen LogP contribution in [0.2, 0.25) is 0 Å². The Balaban J connectivity index is 0.000000246. The highest BCUT2D eigenvalue weighted by molar-refractivity contribution is 5.91. The monoisotopic (exact) mass is 856 g/mol. The highest BCUT2D eigenvalue weighted by Crippen LogP contribution is 2.32. The number of benzene rings is 2. The van der Waals surface area contributed by atoms with Crippen molar-refractivity contribution in [2.24, 2.45) is 5.73 Å². The van der Waals surface area contributed by atoms with E-state index in [4.69, 9.17) is 19.9 Å². The third-order valence-corrected chi connectivity index (χ3v) is 10.9. The number of nitrogens with two attached hydrogens (primary N) is 1. The molecule has 2 aromatic heterocycles. The Kier molecular flexibility index (Phi) is 16.3. The number of nitrogens with one attached hydrogen (secondary N) is 1. The predicted octanol–water partition coefficient (Wildman–Crippen LogP) is 6.41. The van der Waals surface area contributed by atoms with E-state index in [2.05, 4.69) is 30.3 Å². The summed E-state index contributed by atoms with van der Waals surface area (Å²) in [5.74, 6) is 0.286. The molecule has 0 saturated heterocycles.